The van der Waals surface area contributed by atoms with E-state index in [1.54, 1.807) is 0 Å². The molecule has 0 spiro atoms. The highest BCUT2D eigenvalue weighted by Gasteiger charge is 2.80. The quantitative estimate of drug-likeness (QED) is 0.577. The molecule has 0 radical (unpaired) electrons. The highest BCUT2D eigenvalue weighted by molar-refractivity contribution is 5.52. The predicted molar refractivity (Wildman–Crippen MR) is 65.1 cm³/mol. The maximum atomic E-state index is 9.88. The maximum Gasteiger partial charge on any atom is 0.118 e. The van der Waals surface area contributed by atoms with Gasteiger partial charge in [-0.05, 0) is 14.1 Å². The van der Waals surface area contributed by atoms with Gasteiger partial charge in [-0.2, -0.15) is 10.5 Å². The van der Waals surface area contributed by atoms with Gasteiger partial charge < -0.3 is 0 Å². The number of fused-ring (bicyclic) bond motifs is 9. The standard InChI is InChI=1S/C14H14N4/c1-17-9-3-4-10(17)14(8-16)12-6-5-11(18(12)2)13(9,14)7-15/h3-6,9-12H,1-2H3/t9-,10+,11+,12-,13?,14?. The minimum Gasteiger partial charge on any atom is -0.290 e. The molecule has 0 aromatic rings. The molecule has 0 aromatic carbocycles. The maximum absolute atomic E-state index is 9.88. The van der Waals surface area contributed by atoms with Gasteiger partial charge in [-0.3, -0.25) is 9.80 Å². The fourth-order valence-electron chi connectivity index (χ4n) is 4.98. The van der Waals surface area contributed by atoms with Gasteiger partial charge in [0.2, 0.25) is 0 Å². The Bertz CT molecular complexity index is 496. The molecule has 4 nitrogen and oxygen atoms in total. The van der Waals surface area contributed by atoms with E-state index in [9.17, 15) is 10.5 Å². The second kappa shape index (κ2) is 2.69. The minimum atomic E-state index is -0.607. The number of likely N-dealkylation sites (N-methyl/N-ethyl adjacent to an activating group) is 2. The molecule has 90 valence electrons. The Morgan fingerprint density at radius 2 is 1.06 bits per heavy atom. The smallest absolute Gasteiger partial charge is 0.118 e. The van der Waals surface area contributed by atoms with Crippen LogP contribution in [0.5, 0.6) is 0 Å². The van der Waals surface area contributed by atoms with Crippen LogP contribution in [-0.2, 0) is 0 Å². The SMILES string of the molecule is CN1[C@H]2C=C[C@@H]1C1(C#N)[C@@H]3C=C[C@@H](N3C)C21C#N. The first-order chi connectivity index (χ1) is 8.65. The molecule has 4 aliphatic rings. The van der Waals surface area contributed by atoms with Crippen molar-refractivity contribution >= 4 is 0 Å². The van der Waals surface area contributed by atoms with E-state index < -0.39 is 10.8 Å². The van der Waals surface area contributed by atoms with Crippen molar-refractivity contribution in [2.45, 2.75) is 24.2 Å². The summed E-state index contributed by atoms with van der Waals surface area (Å²) in [5.41, 5.74) is -1.21. The molecule has 0 N–H and O–H groups in total. The third-order valence-electron chi connectivity index (χ3n) is 5.63. The summed E-state index contributed by atoms with van der Waals surface area (Å²) in [7, 11) is 4.07. The summed E-state index contributed by atoms with van der Waals surface area (Å²) < 4.78 is 0. The highest BCUT2D eigenvalue weighted by atomic mass is 15.3. The topological polar surface area (TPSA) is 54.1 Å². The second-order valence-corrected chi connectivity index (χ2v) is 5.84. The summed E-state index contributed by atoms with van der Waals surface area (Å²) in [6, 6.07) is 5.35. The first-order valence-corrected chi connectivity index (χ1v) is 6.28. The molecule has 0 saturated carbocycles. The normalized spacial score (nSPS) is 55.8. The van der Waals surface area contributed by atoms with Crippen LogP contribution in [0.15, 0.2) is 24.3 Å². The summed E-state index contributed by atoms with van der Waals surface area (Å²) in [6.07, 6.45) is 8.47. The van der Waals surface area contributed by atoms with Gasteiger partial charge in [-0.15, -0.1) is 0 Å². The van der Waals surface area contributed by atoms with Crippen LogP contribution in [-0.4, -0.2) is 48.1 Å². The first kappa shape index (κ1) is 10.3. The van der Waals surface area contributed by atoms with E-state index in [0.29, 0.717) is 0 Å². The van der Waals surface area contributed by atoms with Gasteiger partial charge in [0.1, 0.15) is 10.8 Å². The Morgan fingerprint density at radius 1 is 0.778 bits per heavy atom. The predicted octanol–water partition coefficient (Wildman–Crippen LogP) is 0.511. The van der Waals surface area contributed by atoms with Crippen molar-refractivity contribution in [3.63, 3.8) is 0 Å². The molecular weight excluding hydrogens is 224 g/mol. The highest BCUT2D eigenvalue weighted by Crippen LogP contribution is 2.68. The number of hydrogen-bond donors (Lipinski definition) is 0. The minimum absolute atomic E-state index is 0.0644. The van der Waals surface area contributed by atoms with Crippen LogP contribution >= 0.6 is 0 Å². The largest absolute Gasteiger partial charge is 0.290 e. The molecule has 4 heterocycles. The van der Waals surface area contributed by atoms with Gasteiger partial charge in [-0.1, -0.05) is 24.3 Å². The molecule has 6 atom stereocenters. The number of rotatable bonds is 0. The average molecular weight is 238 g/mol. The van der Waals surface area contributed by atoms with Gasteiger partial charge >= 0.3 is 0 Å². The van der Waals surface area contributed by atoms with E-state index in [1.165, 1.54) is 0 Å². The monoisotopic (exact) mass is 238 g/mol. The Morgan fingerprint density at radius 3 is 1.28 bits per heavy atom. The van der Waals surface area contributed by atoms with Crippen molar-refractivity contribution in [1.29, 1.82) is 10.5 Å². The van der Waals surface area contributed by atoms with Gasteiger partial charge in [0.15, 0.2) is 0 Å². The summed E-state index contributed by atoms with van der Waals surface area (Å²) in [5, 5.41) is 19.8. The van der Waals surface area contributed by atoms with Crippen molar-refractivity contribution in [3.05, 3.63) is 24.3 Å². The zero-order valence-electron chi connectivity index (χ0n) is 10.4. The summed E-state index contributed by atoms with van der Waals surface area (Å²) in [6.45, 7) is 0. The van der Waals surface area contributed by atoms with Gasteiger partial charge in [0.05, 0.1) is 36.3 Å². The molecule has 2 fully saturated rings. The van der Waals surface area contributed by atoms with Crippen LogP contribution in [0.25, 0.3) is 0 Å². The second-order valence-electron chi connectivity index (χ2n) is 5.84. The third kappa shape index (κ3) is 0.641. The van der Waals surface area contributed by atoms with Crippen molar-refractivity contribution in [2.75, 3.05) is 14.1 Å². The van der Waals surface area contributed by atoms with Gasteiger partial charge in [-0.25, -0.2) is 0 Å². The van der Waals surface area contributed by atoms with Gasteiger partial charge in [0, 0.05) is 0 Å². The number of nitrogens with zero attached hydrogens (tertiary/aromatic N) is 4. The fourth-order valence-corrected chi connectivity index (χ4v) is 4.98. The lowest BCUT2D eigenvalue weighted by Gasteiger charge is -2.40. The molecule has 4 bridgehead atoms. The molecule has 2 saturated heterocycles. The van der Waals surface area contributed by atoms with Crippen molar-refractivity contribution in [1.82, 2.24) is 9.80 Å². The molecule has 0 aliphatic carbocycles. The van der Waals surface area contributed by atoms with Crippen LogP contribution in [0.4, 0.5) is 0 Å². The summed E-state index contributed by atoms with van der Waals surface area (Å²) >= 11 is 0. The molecule has 0 amide bonds. The molecule has 4 aliphatic heterocycles. The van der Waals surface area contributed by atoms with Gasteiger partial charge in [0.25, 0.3) is 0 Å². The van der Waals surface area contributed by atoms with Crippen molar-refractivity contribution < 1.29 is 0 Å². The van der Waals surface area contributed by atoms with E-state index in [1.807, 2.05) is 14.1 Å². The van der Waals surface area contributed by atoms with E-state index in [4.69, 9.17) is 0 Å². The zero-order chi connectivity index (χ0) is 12.7. The average Bonchev–Trinajstić information content (AvgIpc) is 3.06. The Balaban J connectivity index is 2.07. The molecule has 0 aromatic heterocycles. The van der Waals surface area contributed by atoms with Crippen LogP contribution < -0.4 is 0 Å². The van der Waals surface area contributed by atoms with Crippen LogP contribution in [0.2, 0.25) is 0 Å². The number of hydrogen-bond acceptors (Lipinski definition) is 4. The van der Waals surface area contributed by atoms with E-state index >= 15 is 0 Å². The molecule has 4 heteroatoms. The molecular formula is C14H14N4. The first-order valence-electron chi connectivity index (χ1n) is 6.28. The van der Waals surface area contributed by atoms with E-state index in [-0.39, 0.29) is 24.2 Å². The Hall–Kier alpha value is -1.62. The molecule has 2 unspecified atom stereocenters. The summed E-state index contributed by atoms with van der Waals surface area (Å²) in [4.78, 5) is 4.40. The van der Waals surface area contributed by atoms with Crippen LogP contribution in [0, 0.1) is 33.5 Å². The Kier molecular flexibility index (Phi) is 1.54. The van der Waals surface area contributed by atoms with E-state index in [0.717, 1.165) is 0 Å². The van der Waals surface area contributed by atoms with Crippen LogP contribution in [0.1, 0.15) is 0 Å². The number of nitriles is 2. The zero-order valence-corrected chi connectivity index (χ0v) is 10.4. The molecule has 4 rings (SSSR count). The lowest BCUT2D eigenvalue weighted by Crippen LogP contribution is -2.52. The third-order valence-corrected chi connectivity index (χ3v) is 5.63. The lowest BCUT2D eigenvalue weighted by molar-refractivity contribution is 0.201. The summed E-state index contributed by atoms with van der Waals surface area (Å²) in [5.74, 6) is 0. The van der Waals surface area contributed by atoms with Crippen molar-refractivity contribution in [3.8, 4) is 12.1 Å². The fraction of sp³-hybridized carbons (Fsp3) is 0.571. The molecule has 18 heavy (non-hydrogen) atoms. The van der Waals surface area contributed by atoms with Crippen molar-refractivity contribution in [2.24, 2.45) is 10.8 Å². The lowest BCUT2D eigenvalue weighted by atomic mass is 9.54. The van der Waals surface area contributed by atoms with Crippen LogP contribution in [0.3, 0.4) is 0 Å². The Labute approximate surface area is 106 Å². The van der Waals surface area contributed by atoms with E-state index in [2.05, 4.69) is 46.2 Å².